The van der Waals surface area contributed by atoms with Crippen molar-refractivity contribution in [3.05, 3.63) is 29.8 Å². The highest BCUT2D eigenvalue weighted by Crippen LogP contribution is 2.36. The van der Waals surface area contributed by atoms with E-state index in [1.54, 1.807) is 0 Å². The molecule has 2 fully saturated rings. The minimum Gasteiger partial charge on any atom is -0.399 e. The van der Waals surface area contributed by atoms with E-state index in [9.17, 15) is 0 Å². The first kappa shape index (κ1) is 14.1. The number of hydrogen-bond acceptors (Lipinski definition) is 3. The van der Waals surface area contributed by atoms with Crippen LogP contribution in [0.2, 0.25) is 0 Å². The molecule has 0 atom stereocenters. The summed E-state index contributed by atoms with van der Waals surface area (Å²) in [7, 11) is 1.91. The van der Waals surface area contributed by atoms with E-state index in [2.05, 4.69) is 63.9 Å². The van der Waals surface area contributed by atoms with Crippen LogP contribution in [0.25, 0.3) is 0 Å². The number of benzene rings is 1. The van der Waals surface area contributed by atoms with Crippen molar-refractivity contribution in [2.75, 3.05) is 20.1 Å². The van der Waals surface area contributed by atoms with Gasteiger partial charge in [-0.1, -0.05) is 24.3 Å². The monoisotopic (exact) mass is 273 g/mol. The standard InChI is InChI=1S/C16H24BNO2/c1-15(2)16(3,4)20-17(19-15)14-8-6-12(7-9-14)13-10-18(5)11-13/h6-9,13H,10-11H2,1-5H3. The lowest BCUT2D eigenvalue weighted by atomic mass is 9.78. The zero-order valence-electron chi connectivity index (χ0n) is 13.1. The van der Waals surface area contributed by atoms with Crippen molar-refractivity contribution in [3.8, 4) is 0 Å². The zero-order valence-corrected chi connectivity index (χ0v) is 13.1. The summed E-state index contributed by atoms with van der Waals surface area (Å²) in [6.07, 6.45) is 0. The number of hydrogen-bond donors (Lipinski definition) is 0. The summed E-state index contributed by atoms with van der Waals surface area (Å²) in [5.74, 6) is 0.687. The predicted octanol–water partition coefficient (Wildman–Crippen LogP) is 2.01. The molecular formula is C16H24BNO2. The molecule has 2 saturated heterocycles. The number of likely N-dealkylation sites (N-methyl/N-ethyl adjacent to an activating group) is 1. The molecule has 0 bridgehead atoms. The van der Waals surface area contributed by atoms with Gasteiger partial charge in [-0.2, -0.15) is 0 Å². The fourth-order valence-electron chi connectivity index (χ4n) is 2.81. The van der Waals surface area contributed by atoms with Crippen molar-refractivity contribution in [2.24, 2.45) is 0 Å². The van der Waals surface area contributed by atoms with E-state index in [4.69, 9.17) is 9.31 Å². The normalized spacial score (nSPS) is 25.8. The maximum absolute atomic E-state index is 6.08. The van der Waals surface area contributed by atoms with Crippen LogP contribution in [0.15, 0.2) is 24.3 Å². The van der Waals surface area contributed by atoms with Crippen molar-refractivity contribution in [2.45, 2.75) is 44.8 Å². The highest BCUT2D eigenvalue weighted by molar-refractivity contribution is 6.62. The summed E-state index contributed by atoms with van der Waals surface area (Å²) < 4.78 is 12.2. The molecule has 0 spiro atoms. The lowest BCUT2D eigenvalue weighted by Gasteiger charge is -2.36. The molecule has 0 aromatic heterocycles. The predicted molar refractivity (Wildman–Crippen MR) is 82.4 cm³/mol. The molecule has 2 heterocycles. The fourth-order valence-corrected chi connectivity index (χ4v) is 2.81. The molecule has 2 aliphatic heterocycles. The molecule has 0 unspecified atom stereocenters. The van der Waals surface area contributed by atoms with Crippen molar-refractivity contribution in [1.82, 2.24) is 4.90 Å². The SMILES string of the molecule is CN1CC(c2ccc(B3OC(C)(C)C(C)(C)O3)cc2)C1. The first-order valence-electron chi connectivity index (χ1n) is 7.42. The van der Waals surface area contributed by atoms with E-state index in [0.717, 1.165) is 18.6 Å². The van der Waals surface area contributed by atoms with Gasteiger partial charge in [0.2, 0.25) is 0 Å². The lowest BCUT2D eigenvalue weighted by Crippen LogP contribution is -2.42. The third-order valence-electron chi connectivity index (χ3n) is 5.00. The van der Waals surface area contributed by atoms with Crippen LogP contribution in [0.5, 0.6) is 0 Å². The number of nitrogens with zero attached hydrogens (tertiary/aromatic N) is 1. The van der Waals surface area contributed by atoms with Crippen molar-refractivity contribution in [3.63, 3.8) is 0 Å². The first-order chi connectivity index (χ1) is 9.28. The van der Waals surface area contributed by atoms with E-state index in [1.165, 1.54) is 5.56 Å². The quantitative estimate of drug-likeness (QED) is 0.769. The van der Waals surface area contributed by atoms with Crippen LogP contribution in [0.4, 0.5) is 0 Å². The smallest absolute Gasteiger partial charge is 0.399 e. The molecule has 1 aromatic rings. The van der Waals surface area contributed by atoms with Crippen LogP contribution in [-0.2, 0) is 9.31 Å². The maximum atomic E-state index is 6.08. The Morgan fingerprint density at radius 3 is 1.95 bits per heavy atom. The van der Waals surface area contributed by atoms with Crippen molar-refractivity contribution < 1.29 is 9.31 Å². The second kappa shape index (κ2) is 4.59. The summed E-state index contributed by atoms with van der Waals surface area (Å²) >= 11 is 0. The van der Waals surface area contributed by atoms with Crippen LogP contribution in [0.3, 0.4) is 0 Å². The van der Waals surface area contributed by atoms with E-state index in [0.29, 0.717) is 5.92 Å². The third-order valence-corrected chi connectivity index (χ3v) is 5.00. The molecule has 4 heteroatoms. The molecule has 0 aliphatic carbocycles. The van der Waals surface area contributed by atoms with Crippen molar-refractivity contribution in [1.29, 1.82) is 0 Å². The molecule has 108 valence electrons. The van der Waals surface area contributed by atoms with Crippen LogP contribution < -0.4 is 5.46 Å². The molecule has 0 radical (unpaired) electrons. The van der Waals surface area contributed by atoms with Gasteiger partial charge in [-0.15, -0.1) is 0 Å². The van der Waals surface area contributed by atoms with Gasteiger partial charge in [-0.05, 0) is 45.8 Å². The topological polar surface area (TPSA) is 21.7 Å². The fraction of sp³-hybridized carbons (Fsp3) is 0.625. The third kappa shape index (κ3) is 2.30. The Balaban J connectivity index is 1.73. The molecule has 3 rings (SSSR count). The molecule has 1 aromatic carbocycles. The van der Waals surface area contributed by atoms with E-state index in [-0.39, 0.29) is 18.3 Å². The Labute approximate surface area is 122 Å². The summed E-state index contributed by atoms with van der Waals surface area (Å²) in [5, 5.41) is 0. The Morgan fingerprint density at radius 1 is 1.00 bits per heavy atom. The van der Waals surface area contributed by atoms with Gasteiger partial charge in [0.25, 0.3) is 0 Å². The second-order valence-corrected chi connectivity index (χ2v) is 7.17. The summed E-state index contributed by atoms with van der Waals surface area (Å²) in [6.45, 7) is 10.7. The largest absolute Gasteiger partial charge is 0.494 e. The zero-order chi connectivity index (χ0) is 14.5. The lowest BCUT2D eigenvalue weighted by molar-refractivity contribution is 0.00578. The molecule has 2 aliphatic rings. The minimum atomic E-state index is -0.271. The molecular weight excluding hydrogens is 249 g/mol. The van der Waals surface area contributed by atoms with Gasteiger partial charge in [0, 0.05) is 19.0 Å². The maximum Gasteiger partial charge on any atom is 0.494 e. The van der Waals surface area contributed by atoms with Gasteiger partial charge in [-0.3, -0.25) is 0 Å². The molecule has 0 saturated carbocycles. The molecule has 0 amide bonds. The van der Waals surface area contributed by atoms with Gasteiger partial charge >= 0.3 is 7.12 Å². The molecule has 20 heavy (non-hydrogen) atoms. The number of likely N-dealkylation sites (tertiary alicyclic amines) is 1. The van der Waals surface area contributed by atoms with Gasteiger partial charge < -0.3 is 14.2 Å². The second-order valence-electron chi connectivity index (χ2n) is 7.17. The van der Waals surface area contributed by atoms with Gasteiger partial charge in [0.1, 0.15) is 0 Å². The average Bonchev–Trinajstić information content (AvgIpc) is 2.55. The molecule has 3 nitrogen and oxygen atoms in total. The van der Waals surface area contributed by atoms with Crippen LogP contribution in [0, 0.1) is 0 Å². The Bertz CT molecular complexity index is 476. The van der Waals surface area contributed by atoms with Crippen LogP contribution in [0.1, 0.15) is 39.2 Å². The highest BCUT2D eigenvalue weighted by atomic mass is 16.7. The van der Waals surface area contributed by atoms with E-state index in [1.807, 2.05) is 0 Å². The van der Waals surface area contributed by atoms with Gasteiger partial charge in [-0.25, -0.2) is 0 Å². The van der Waals surface area contributed by atoms with Crippen LogP contribution >= 0.6 is 0 Å². The summed E-state index contributed by atoms with van der Waals surface area (Å²) in [5.41, 5.74) is 1.99. The summed E-state index contributed by atoms with van der Waals surface area (Å²) in [6, 6.07) is 8.74. The van der Waals surface area contributed by atoms with Crippen molar-refractivity contribution >= 4 is 12.6 Å². The van der Waals surface area contributed by atoms with Crippen LogP contribution in [-0.4, -0.2) is 43.4 Å². The molecule has 0 N–H and O–H groups in total. The Hall–Kier alpha value is -0.835. The van der Waals surface area contributed by atoms with E-state index >= 15 is 0 Å². The average molecular weight is 273 g/mol. The minimum absolute atomic E-state index is 0.252. The van der Waals surface area contributed by atoms with Gasteiger partial charge in [0.15, 0.2) is 0 Å². The summed E-state index contributed by atoms with van der Waals surface area (Å²) in [4.78, 5) is 2.34. The Kier molecular flexibility index (Phi) is 3.24. The van der Waals surface area contributed by atoms with E-state index < -0.39 is 0 Å². The van der Waals surface area contributed by atoms with Gasteiger partial charge in [0.05, 0.1) is 11.2 Å². The highest BCUT2D eigenvalue weighted by Gasteiger charge is 2.51. The first-order valence-corrected chi connectivity index (χ1v) is 7.42. The number of rotatable bonds is 2. The Morgan fingerprint density at radius 2 is 1.50 bits per heavy atom.